The SMILES string of the molecule is Cc1cc(C)cc(C(=O)CCN2CCC(N(C)C)CC2)c1. The summed E-state index contributed by atoms with van der Waals surface area (Å²) in [6.07, 6.45) is 3.06. The van der Waals surface area contributed by atoms with Crippen molar-refractivity contribution in [3.05, 3.63) is 34.9 Å². The summed E-state index contributed by atoms with van der Waals surface area (Å²) in [5, 5.41) is 0. The zero-order valence-electron chi connectivity index (χ0n) is 13.9. The van der Waals surface area contributed by atoms with Gasteiger partial charge in [-0.2, -0.15) is 0 Å². The first-order chi connectivity index (χ1) is 9.95. The molecule has 0 aromatic heterocycles. The molecule has 0 aliphatic carbocycles. The maximum absolute atomic E-state index is 12.3. The number of ketones is 1. The van der Waals surface area contributed by atoms with Crippen LogP contribution in [0.25, 0.3) is 0 Å². The number of aryl methyl sites for hydroxylation is 2. The molecule has 1 saturated heterocycles. The second-order valence-corrected chi connectivity index (χ2v) is 6.59. The van der Waals surface area contributed by atoms with Gasteiger partial charge in [0.1, 0.15) is 0 Å². The number of nitrogens with zero attached hydrogens (tertiary/aromatic N) is 2. The van der Waals surface area contributed by atoms with Gasteiger partial charge in [0, 0.05) is 24.6 Å². The van der Waals surface area contributed by atoms with Crippen LogP contribution in [0.15, 0.2) is 18.2 Å². The minimum atomic E-state index is 0.275. The number of hydrogen-bond acceptors (Lipinski definition) is 3. The lowest BCUT2D eigenvalue weighted by molar-refractivity contribution is 0.0940. The lowest BCUT2D eigenvalue weighted by atomic mass is 10.0. The predicted octanol–water partition coefficient (Wildman–Crippen LogP) is 2.90. The Morgan fingerprint density at radius 3 is 2.24 bits per heavy atom. The summed E-state index contributed by atoms with van der Waals surface area (Å²) in [4.78, 5) is 17.1. The summed E-state index contributed by atoms with van der Waals surface area (Å²) in [5.41, 5.74) is 3.21. The molecular weight excluding hydrogens is 260 g/mol. The van der Waals surface area contributed by atoms with E-state index in [1.165, 1.54) is 24.0 Å². The number of carbonyl (C=O) groups is 1. The fourth-order valence-electron chi connectivity index (χ4n) is 3.20. The van der Waals surface area contributed by atoms with Crippen molar-refractivity contribution in [2.24, 2.45) is 0 Å². The number of rotatable bonds is 5. The number of benzene rings is 1. The lowest BCUT2D eigenvalue weighted by Gasteiger charge is -2.35. The molecule has 116 valence electrons. The van der Waals surface area contributed by atoms with Gasteiger partial charge >= 0.3 is 0 Å². The van der Waals surface area contributed by atoms with E-state index in [1.807, 2.05) is 12.1 Å². The van der Waals surface area contributed by atoms with Crippen LogP contribution in [0.1, 0.15) is 40.7 Å². The quantitative estimate of drug-likeness (QED) is 0.778. The van der Waals surface area contributed by atoms with Crippen molar-refractivity contribution in [2.75, 3.05) is 33.7 Å². The van der Waals surface area contributed by atoms with Gasteiger partial charge in [-0.25, -0.2) is 0 Å². The van der Waals surface area contributed by atoms with Gasteiger partial charge in [0.15, 0.2) is 5.78 Å². The molecule has 0 radical (unpaired) electrons. The number of hydrogen-bond donors (Lipinski definition) is 0. The van der Waals surface area contributed by atoms with Gasteiger partial charge in [0.25, 0.3) is 0 Å². The van der Waals surface area contributed by atoms with E-state index in [2.05, 4.69) is 43.8 Å². The molecule has 0 spiro atoms. The fraction of sp³-hybridized carbons (Fsp3) is 0.611. The van der Waals surface area contributed by atoms with E-state index in [1.54, 1.807) is 0 Å². The van der Waals surface area contributed by atoms with Crippen molar-refractivity contribution in [1.82, 2.24) is 9.80 Å². The molecule has 1 aromatic rings. The van der Waals surface area contributed by atoms with Gasteiger partial charge in [-0.3, -0.25) is 4.79 Å². The first-order valence-corrected chi connectivity index (χ1v) is 7.96. The van der Waals surface area contributed by atoms with Crippen molar-refractivity contribution in [1.29, 1.82) is 0 Å². The third-order valence-electron chi connectivity index (χ3n) is 4.49. The maximum atomic E-state index is 12.3. The van der Waals surface area contributed by atoms with Crippen LogP contribution < -0.4 is 0 Å². The molecule has 3 nitrogen and oxygen atoms in total. The molecule has 1 aliphatic rings. The van der Waals surface area contributed by atoms with Crippen molar-refractivity contribution >= 4 is 5.78 Å². The van der Waals surface area contributed by atoms with Crippen LogP contribution in [0.4, 0.5) is 0 Å². The molecule has 0 bridgehead atoms. The monoisotopic (exact) mass is 288 g/mol. The van der Waals surface area contributed by atoms with Crippen LogP contribution in [-0.4, -0.2) is 55.4 Å². The second kappa shape index (κ2) is 7.19. The molecule has 0 saturated carbocycles. The number of piperidine rings is 1. The average Bonchev–Trinajstić information content (AvgIpc) is 2.44. The van der Waals surface area contributed by atoms with Gasteiger partial charge in [-0.15, -0.1) is 0 Å². The number of Topliss-reactive ketones (excluding diaryl/α,β-unsaturated/α-hetero) is 1. The van der Waals surface area contributed by atoms with E-state index in [0.29, 0.717) is 12.5 Å². The van der Waals surface area contributed by atoms with Gasteiger partial charge < -0.3 is 9.80 Å². The standard InChI is InChI=1S/C18H28N2O/c1-14-11-15(2)13-16(12-14)18(21)7-10-20-8-5-17(6-9-20)19(3)4/h11-13,17H,5-10H2,1-4H3. The van der Waals surface area contributed by atoms with Crippen LogP contribution >= 0.6 is 0 Å². The van der Waals surface area contributed by atoms with Crippen molar-refractivity contribution in [2.45, 2.75) is 39.2 Å². The highest BCUT2D eigenvalue weighted by Crippen LogP contribution is 2.16. The fourth-order valence-corrected chi connectivity index (χ4v) is 3.20. The minimum absolute atomic E-state index is 0.275. The minimum Gasteiger partial charge on any atom is -0.306 e. The highest BCUT2D eigenvalue weighted by molar-refractivity contribution is 5.96. The molecule has 0 atom stereocenters. The molecule has 1 aromatic carbocycles. The molecule has 0 amide bonds. The third kappa shape index (κ3) is 4.65. The van der Waals surface area contributed by atoms with Gasteiger partial charge in [-0.05, 0) is 66.0 Å². The summed E-state index contributed by atoms with van der Waals surface area (Å²) in [7, 11) is 4.31. The van der Waals surface area contributed by atoms with Crippen LogP contribution in [0, 0.1) is 13.8 Å². The van der Waals surface area contributed by atoms with Crippen molar-refractivity contribution < 1.29 is 4.79 Å². The Morgan fingerprint density at radius 1 is 1.14 bits per heavy atom. The van der Waals surface area contributed by atoms with Crippen LogP contribution in [0.2, 0.25) is 0 Å². The summed E-state index contributed by atoms with van der Waals surface area (Å²) < 4.78 is 0. The maximum Gasteiger partial charge on any atom is 0.164 e. The van der Waals surface area contributed by atoms with E-state index in [9.17, 15) is 4.79 Å². The van der Waals surface area contributed by atoms with E-state index in [0.717, 1.165) is 25.2 Å². The Bertz CT molecular complexity index is 468. The van der Waals surface area contributed by atoms with Gasteiger partial charge in [-0.1, -0.05) is 17.2 Å². The van der Waals surface area contributed by atoms with Crippen molar-refractivity contribution in [3.63, 3.8) is 0 Å². The predicted molar refractivity (Wildman–Crippen MR) is 88.0 cm³/mol. The molecule has 3 heteroatoms. The van der Waals surface area contributed by atoms with E-state index in [-0.39, 0.29) is 5.78 Å². The summed E-state index contributed by atoms with van der Waals surface area (Å²) >= 11 is 0. The highest BCUT2D eigenvalue weighted by Gasteiger charge is 2.20. The van der Waals surface area contributed by atoms with Crippen LogP contribution in [0.3, 0.4) is 0 Å². The Hall–Kier alpha value is -1.19. The Balaban J connectivity index is 1.82. The second-order valence-electron chi connectivity index (χ2n) is 6.59. The molecule has 2 rings (SSSR count). The topological polar surface area (TPSA) is 23.6 Å². The van der Waals surface area contributed by atoms with Crippen LogP contribution in [0.5, 0.6) is 0 Å². The highest BCUT2D eigenvalue weighted by atomic mass is 16.1. The largest absolute Gasteiger partial charge is 0.306 e. The molecule has 1 aliphatic heterocycles. The first kappa shape index (κ1) is 16.2. The molecule has 1 fully saturated rings. The number of likely N-dealkylation sites (tertiary alicyclic amines) is 1. The Morgan fingerprint density at radius 2 is 1.71 bits per heavy atom. The molecule has 1 heterocycles. The van der Waals surface area contributed by atoms with E-state index >= 15 is 0 Å². The lowest BCUT2D eigenvalue weighted by Crippen LogP contribution is -2.42. The zero-order chi connectivity index (χ0) is 15.4. The molecular formula is C18H28N2O. The van der Waals surface area contributed by atoms with Gasteiger partial charge in [0.05, 0.1) is 0 Å². The molecule has 0 unspecified atom stereocenters. The van der Waals surface area contributed by atoms with E-state index in [4.69, 9.17) is 0 Å². The number of carbonyl (C=O) groups excluding carboxylic acids is 1. The summed E-state index contributed by atoms with van der Waals surface area (Å²) in [6.45, 7) is 7.23. The van der Waals surface area contributed by atoms with Crippen LogP contribution in [-0.2, 0) is 0 Å². The summed E-state index contributed by atoms with van der Waals surface area (Å²) in [5.74, 6) is 0.275. The molecule has 21 heavy (non-hydrogen) atoms. The average molecular weight is 288 g/mol. The van der Waals surface area contributed by atoms with Crippen molar-refractivity contribution in [3.8, 4) is 0 Å². The normalized spacial score (nSPS) is 17.4. The zero-order valence-corrected chi connectivity index (χ0v) is 13.9. The Labute approximate surface area is 128 Å². The van der Waals surface area contributed by atoms with E-state index < -0.39 is 0 Å². The third-order valence-corrected chi connectivity index (χ3v) is 4.49. The molecule has 0 N–H and O–H groups in total. The summed E-state index contributed by atoms with van der Waals surface area (Å²) in [6, 6.07) is 6.83. The Kier molecular flexibility index (Phi) is 5.54. The first-order valence-electron chi connectivity index (χ1n) is 7.96. The van der Waals surface area contributed by atoms with Gasteiger partial charge in [0.2, 0.25) is 0 Å². The smallest absolute Gasteiger partial charge is 0.164 e.